The first kappa shape index (κ1) is 34.5. The summed E-state index contributed by atoms with van der Waals surface area (Å²) < 4.78 is 31.4. The number of aliphatic carboxylic acids is 1. The van der Waals surface area contributed by atoms with E-state index >= 15 is 0 Å². The topological polar surface area (TPSA) is 170 Å². The zero-order chi connectivity index (χ0) is 30.6. The number of nitrogens with two attached hydrogens (primary N) is 1. The predicted octanol–water partition coefficient (Wildman–Crippen LogP) is 5.79. The fraction of sp³-hybridized carbons (Fsp3) is 0.643. The van der Waals surface area contributed by atoms with E-state index in [-0.39, 0.29) is 29.9 Å². The van der Waals surface area contributed by atoms with Crippen molar-refractivity contribution in [3.05, 3.63) is 23.8 Å². The Labute approximate surface area is 235 Å². The molecule has 12 nitrogen and oxygen atoms in total. The van der Waals surface area contributed by atoms with E-state index < -0.39 is 54.7 Å². The highest BCUT2D eigenvalue weighted by Crippen LogP contribution is 2.35. The lowest BCUT2D eigenvalue weighted by atomic mass is 9.87. The Balaban J connectivity index is 3.31. The molecule has 0 amide bonds. The predicted molar refractivity (Wildman–Crippen MR) is 144 cm³/mol. The average Bonchev–Trinajstić information content (AvgIpc) is 2.87. The number of benzene rings is 1. The number of carboxylic acids is 1. The number of carbonyl (C=O) groups excluding carboxylic acids is 3. The van der Waals surface area contributed by atoms with Crippen LogP contribution < -0.4 is 15.2 Å². The van der Waals surface area contributed by atoms with Gasteiger partial charge >= 0.3 is 24.4 Å². The number of carbonyl (C=O) groups is 4. The van der Waals surface area contributed by atoms with E-state index in [0.29, 0.717) is 18.4 Å². The molecule has 0 spiro atoms. The van der Waals surface area contributed by atoms with Crippen LogP contribution in [0, 0.1) is 5.92 Å². The fourth-order valence-corrected chi connectivity index (χ4v) is 3.19. The molecule has 0 heterocycles. The molecule has 0 radical (unpaired) electrons. The molecule has 3 N–H and O–H groups in total. The number of hydrogen-bond acceptors (Lipinski definition) is 11. The zero-order valence-electron chi connectivity index (χ0n) is 24.5. The zero-order valence-corrected chi connectivity index (χ0v) is 24.5. The Morgan fingerprint density at radius 1 is 0.750 bits per heavy atom. The maximum atomic E-state index is 12.4. The molecule has 40 heavy (non-hydrogen) atoms. The van der Waals surface area contributed by atoms with Crippen LogP contribution in [0.25, 0.3) is 0 Å². The van der Waals surface area contributed by atoms with Gasteiger partial charge in [-0.3, -0.25) is 4.79 Å². The Kier molecular flexibility index (Phi) is 14.3. The molecule has 0 saturated heterocycles. The third-order valence-corrected chi connectivity index (χ3v) is 6.35. The van der Waals surface area contributed by atoms with Crippen molar-refractivity contribution in [3.63, 3.8) is 0 Å². The summed E-state index contributed by atoms with van der Waals surface area (Å²) in [6, 6.07) is 2.70. The Hall–Kier alpha value is -3.54. The number of hydrogen-bond donors (Lipinski definition) is 2. The van der Waals surface area contributed by atoms with Gasteiger partial charge in [0.1, 0.15) is 30.5 Å². The van der Waals surface area contributed by atoms with Crippen molar-refractivity contribution in [2.75, 3.05) is 0 Å². The Bertz CT molecular complexity index is 996. The molecule has 226 valence electrons. The molecule has 1 aromatic rings. The molecular weight excluding hydrogens is 526 g/mol. The first-order chi connectivity index (χ1) is 18.7. The molecular formula is C28H43NO11. The molecule has 1 rings (SSSR count). The van der Waals surface area contributed by atoms with Crippen molar-refractivity contribution in [3.8, 4) is 11.5 Å². The second-order valence-corrected chi connectivity index (χ2v) is 10.0. The highest BCUT2D eigenvalue weighted by atomic mass is 16.8. The molecule has 0 fully saturated rings. The number of ether oxygens (including phenoxy) is 6. The fourth-order valence-electron chi connectivity index (χ4n) is 3.19. The largest absolute Gasteiger partial charge is 0.514 e. The summed E-state index contributed by atoms with van der Waals surface area (Å²) in [5, 5.41) is 9.66. The van der Waals surface area contributed by atoms with Crippen LogP contribution in [0.1, 0.15) is 86.1 Å². The number of rotatable bonds is 14. The maximum absolute atomic E-state index is 12.4. The van der Waals surface area contributed by atoms with E-state index in [9.17, 15) is 24.3 Å². The summed E-state index contributed by atoms with van der Waals surface area (Å²) in [5.41, 5.74) is 6.33. The normalized spacial score (nSPS) is 15.6. The monoisotopic (exact) mass is 569 g/mol. The smallest absolute Gasteiger partial charge is 0.480 e. The molecule has 0 aliphatic heterocycles. The second-order valence-electron chi connectivity index (χ2n) is 10.0. The van der Waals surface area contributed by atoms with Gasteiger partial charge in [0.05, 0.1) is 0 Å². The molecule has 5 unspecified atom stereocenters. The van der Waals surface area contributed by atoms with Crippen LogP contribution in [-0.4, -0.2) is 60.0 Å². The highest BCUT2D eigenvalue weighted by molar-refractivity contribution is 5.75. The van der Waals surface area contributed by atoms with Crippen LogP contribution >= 0.6 is 0 Å². The minimum Gasteiger partial charge on any atom is -0.480 e. The van der Waals surface area contributed by atoms with E-state index in [1.165, 1.54) is 18.2 Å². The van der Waals surface area contributed by atoms with Crippen LogP contribution in [-0.2, 0) is 23.7 Å². The SMILES string of the molecule is CCC(C)OC(=O)Oc1ccc(C(CC(C)OC(=O)OC(C)C(C)C)[C@H](N)C(=O)O)cc1OC(=O)OC(C)CC. The van der Waals surface area contributed by atoms with Crippen LogP contribution in [0.3, 0.4) is 0 Å². The van der Waals surface area contributed by atoms with E-state index in [1.807, 2.05) is 27.7 Å². The number of carboxylic acid groups (broad SMARTS) is 1. The van der Waals surface area contributed by atoms with E-state index in [4.69, 9.17) is 34.2 Å². The van der Waals surface area contributed by atoms with Gasteiger partial charge in [-0.1, -0.05) is 33.8 Å². The van der Waals surface area contributed by atoms with Gasteiger partial charge in [-0.2, -0.15) is 0 Å². The summed E-state index contributed by atoms with van der Waals surface area (Å²) >= 11 is 0. The summed E-state index contributed by atoms with van der Waals surface area (Å²) in [4.78, 5) is 48.7. The Morgan fingerprint density at radius 2 is 1.25 bits per heavy atom. The minimum absolute atomic E-state index is 0.00829. The standard InChI is InChI=1S/C28H43NO11/c1-9-16(5)35-27(33)39-22-12-11-20(14-23(22)40-28(34)36-17(6)10-2)21(24(29)25(30)31)13-18(7)37-26(32)38-19(8)15(3)4/h11-12,14-19,21,24H,9-10,13,29H2,1-8H3,(H,30,31)/t16?,17?,18?,19?,21?,24-/m0/s1. The molecule has 12 heteroatoms. The van der Waals surface area contributed by atoms with Crippen molar-refractivity contribution in [1.82, 2.24) is 0 Å². The Morgan fingerprint density at radius 3 is 1.73 bits per heavy atom. The quantitative estimate of drug-likeness (QED) is 0.157. The molecule has 0 aliphatic carbocycles. The van der Waals surface area contributed by atoms with Crippen LogP contribution in [0.2, 0.25) is 0 Å². The molecule has 0 aliphatic rings. The lowest BCUT2D eigenvalue weighted by molar-refractivity contribution is -0.139. The van der Waals surface area contributed by atoms with Gasteiger partial charge in [0, 0.05) is 5.92 Å². The van der Waals surface area contributed by atoms with Gasteiger partial charge in [-0.15, -0.1) is 0 Å². The van der Waals surface area contributed by atoms with Crippen molar-refractivity contribution in [2.45, 2.75) is 111 Å². The van der Waals surface area contributed by atoms with Gasteiger partial charge in [0.2, 0.25) is 0 Å². The summed E-state index contributed by atoms with van der Waals surface area (Å²) in [6.07, 6.45) is -3.91. The van der Waals surface area contributed by atoms with Gasteiger partial charge in [-0.25, -0.2) is 14.4 Å². The second kappa shape index (κ2) is 16.5. The van der Waals surface area contributed by atoms with Gasteiger partial charge in [0.25, 0.3) is 0 Å². The van der Waals surface area contributed by atoms with Crippen molar-refractivity contribution in [1.29, 1.82) is 0 Å². The van der Waals surface area contributed by atoms with E-state index in [1.54, 1.807) is 27.7 Å². The van der Waals surface area contributed by atoms with Crippen molar-refractivity contribution < 1.29 is 52.7 Å². The third kappa shape index (κ3) is 11.7. The van der Waals surface area contributed by atoms with Crippen LogP contribution in [0.4, 0.5) is 14.4 Å². The van der Waals surface area contributed by atoms with Crippen LogP contribution in [0.5, 0.6) is 11.5 Å². The summed E-state index contributed by atoms with van der Waals surface area (Å²) in [7, 11) is 0. The lowest BCUT2D eigenvalue weighted by Crippen LogP contribution is -2.38. The van der Waals surface area contributed by atoms with Gasteiger partial charge in [-0.05, 0) is 70.6 Å². The summed E-state index contributed by atoms with van der Waals surface area (Å²) in [5.74, 6) is -2.50. The van der Waals surface area contributed by atoms with E-state index in [2.05, 4.69) is 0 Å². The molecule has 0 bridgehead atoms. The lowest BCUT2D eigenvalue weighted by Gasteiger charge is -2.26. The first-order valence-electron chi connectivity index (χ1n) is 13.4. The van der Waals surface area contributed by atoms with Crippen LogP contribution in [0.15, 0.2) is 18.2 Å². The maximum Gasteiger partial charge on any atom is 0.514 e. The first-order valence-corrected chi connectivity index (χ1v) is 13.4. The summed E-state index contributed by atoms with van der Waals surface area (Å²) in [6.45, 7) is 14.1. The molecule has 6 atom stereocenters. The molecule has 0 aromatic heterocycles. The van der Waals surface area contributed by atoms with Gasteiger partial charge in [0.15, 0.2) is 11.5 Å². The average molecular weight is 570 g/mol. The highest BCUT2D eigenvalue weighted by Gasteiger charge is 2.31. The molecule has 0 saturated carbocycles. The van der Waals surface area contributed by atoms with E-state index in [0.717, 1.165) is 0 Å². The van der Waals surface area contributed by atoms with Crippen molar-refractivity contribution in [2.24, 2.45) is 11.7 Å². The third-order valence-electron chi connectivity index (χ3n) is 6.35. The van der Waals surface area contributed by atoms with Crippen molar-refractivity contribution >= 4 is 24.4 Å². The van der Waals surface area contributed by atoms with Gasteiger partial charge < -0.3 is 39.3 Å². The molecule has 1 aromatic carbocycles. The minimum atomic E-state index is -1.42.